The van der Waals surface area contributed by atoms with Crippen LogP contribution in [0, 0.1) is 5.82 Å². The number of carbonyl (C=O) groups excluding carboxylic acids is 2. The summed E-state index contributed by atoms with van der Waals surface area (Å²) in [6.45, 7) is 0. The van der Waals surface area contributed by atoms with Crippen molar-refractivity contribution in [3.63, 3.8) is 0 Å². The van der Waals surface area contributed by atoms with E-state index in [1.165, 1.54) is 97.1 Å². The maximum absolute atomic E-state index is 13.3. The largest absolute Gasteiger partial charge is 0.478 e. The molecule has 0 saturated heterocycles. The summed E-state index contributed by atoms with van der Waals surface area (Å²) in [5, 5.41) is 24.1. The van der Waals surface area contributed by atoms with Gasteiger partial charge in [0.25, 0.3) is 31.9 Å². The van der Waals surface area contributed by atoms with Crippen LogP contribution in [-0.2, 0) is 20.0 Å². The Labute approximate surface area is 346 Å². The average molecular weight is 880 g/mol. The third-order valence-electron chi connectivity index (χ3n) is 7.91. The average Bonchev–Trinajstić information content (AvgIpc) is 3.20. The molecule has 0 radical (unpaired) electrons. The zero-order valence-corrected chi connectivity index (χ0v) is 33.0. The number of para-hydroxylation sites is 1. The number of anilines is 4. The molecule has 59 heavy (non-hydrogen) atoms. The van der Waals surface area contributed by atoms with E-state index in [1.807, 2.05) is 0 Å². The Morgan fingerprint density at radius 2 is 0.881 bits per heavy atom. The van der Waals surface area contributed by atoms with Crippen LogP contribution in [0.15, 0.2) is 149 Å². The lowest BCUT2D eigenvalue weighted by molar-refractivity contribution is 0.0686. The molecular weight excluding hydrogens is 850 g/mol. The zero-order chi connectivity index (χ0) is 42.9. The fourth-order valence-electron chi connectivity index (χ4n) is 5.00. The topological polar surface area (TPSA) is 225 Å². The number of carbonyl (C=O) groups is 4. The summed E-state index contributed by atoms with van der Waals surface area (Å²) in [6.07, 6.45) is 0. The second-order valence-corrected chi connectivity index (χ2v) is 16.3. The Hall–Kier alpha value is -6.79. The lowest BCUT2D eigenvalue weighted by Gasteiger charge is -2.10. The number of carboxylic acid groups (broad SMARTS) is 2. The van der Waals surface area contributed by atoms with Gasteiger partial charge in [-0.3, -0.25) is 19.0 Å². The molecule has 0 spiro atoms. The number of sulfonamides is 2. The van der Waals surface area contributed by atoms with Crippen LogP contribution >= 0.6 is 23.2 Å². The molecule has 302 valence electrons. The van der Waals surface area contributed by atoms with Crippen LogP contribution in [0.4, 0.5) is 27.1 Å². The Kier molecular flexibility index (Phi) is 13.7. The Balaban J connectivity index is 0.000000224. The van der Waals surface area contributed by atoms with E-state index in [0.717, 1.165) is 18.2 Å². The molecule has 2 amide bonds. The first-order chi connectivity index (χ1) is 27.9. The van der Waals surface area contributed by atoms with Gasteiger partial charge >= 0.3 is 11.9 Å². The standard InChI is InChI=1S/C20H14ClFN2O5S.C20H15ClN2O5S/c21-13-3-6-15(7-4-13)24-30(28,29)16-8-1-12(2-9-16)19(25)23-18-10-5-14(22)11-17(18)20(26)27;21-14-7-9-15(10-8-14)23-29(27,28)16-11-5-13(6-12-16)19(24)22-18-4-2-1-3-17(18)20(25)26/h1-11,24H,(H,23,25)(H,26,27);1-12,23H,(H,22,24)(H,25,26). The van der Waals surface area contributed by atoms with Crippen molar-refractivity contribution in [2.45, 2.75) is 9.79 Å². The number of rotatable bonds is 12. The zero-order valence-electron chi connectivity index (χ0n) is 29.9. The number of amides is 2. The van der Waals surface area contributed by atoms with Crippen molar-refractivity contribution < 1.29 is 50.6 Å². The number of nitrogens with one attached hydrogen (secondary N) is 4. The van der Waals surface area contributed by atoms with Crippen LogP contribution in [-0.4, -0.2) is 50.8 Å². The first kappa shape index (κ1) is 43.3. The van der Waals surface area contributed by atoms with E-state index in [2.05, 4.69) is 20.1 Å². The van der Waals surface area contributed by atoms with Crippen molar-refractivity contribution in [3.8, 4) is 0 Å². The van der Waals surface area contributed by atoms with Gasteiger partial charge in [0.05, 0.1) is 32.3 Å². The summed E-state index contributed by atoms with van der Waals surface area (Å²) in [6, 6.07) is 31.4. The molecule has 0 aliphatic rings. The van der Waals surface area contributed by atoms with Gasteiger partial charge in [-0.1, -0.05) is 35.3 Å². The number of hydrogen-bond acceptors (Lipinski definition) is 8. The van der Waals surface area contributed by atoms with Crippen molar-refractivity contribution in [1.82, 2.24) is 0 Å². The predicted molar refractivity (Wildman–Crippen MR) is 220 cm³/mol. The second-order valence-electron chi connectivity index (χ2n) is 12.0. The van der Waals surface area contributed by atoms with Gasteiger partial charge in [-0.2, -0.15) is 0 Å². The first-order valence-electron chi connectivity index (χ1n) is 16.7. The molecule has 14 nitrogen and oxygen atoms in total. The Morgan fingerprint density at radius 3 is 1.29 bits per heavy atom. The quantitative estimate of drug-likeness (QED) is 0.0689. The van der Waals surface area contributed by atoms with Gasteiger partial charge in [0.1, 0.15) is 5.82 Å². The summed E-state index contributed by atoms with van der Waals surface area (Å²) >= 11 is 11.6. The fourth-order valence-corrected chi connectivity index (χ4v) is 7.37. The first-order valence-corrected chi connectivity index (χ1v) is 20.4. The van der Waals surface area contributed by atoms with Crippen LogP contribution in [0.2, 0.25) is 10.0 Å². The van der Waals surface area contributed by atoms with Gasteiger partial charge in [0, 0.05) is 32.5 Å². The summed E-state index contributed by atoms with van der Waals surface area (Å²) in [5.74, 6) is -4.57. The van der Waals surface area contributed by atoms with E-state index in [1.54, 1.807) is 24.3 Å². The van der Waals surface area contributed by atoms with Crippen molar-refractivity contribution >= 4 is 89.8 Å². The lowest BCUT2D eigenvalue weighted by Crippen LogP contribution is -2.16. The lowest BCUT2D eigenvalue weighted by atomic mass is 10.1. The predicted octanol–water partition coefficient (Wildman–Crippen LogP) is 8.32. The highest BCUT2D eigenvalue weighted by Gasteiger charge is 2.19. The molecule has 6 aromatic rings. The molecule has 0 aromatic heterocycles. The van der Waals surface area contributed by atoms with Crippen molar-refractivity contribution in [1.29, 1.82) is 0 Å². The molecule has 0 aliphatic heterocycles. The van der Waals surface area contributed by atoms with Gasteiger partial charge in [-0.05, 0) is 127 Å². The van der Waals surface area contributed by atoms with Gasteiger partial charge < -0.3 is 20.8 Å². The number of carboxylic acids is 2. The highest BCUT2D eigenvalue weighted by Crippen LogP contribution is 2.23. The van der Waals surface area contributed by atoms with Crippen LogP contribution in [0.5, 0.6) is 0 Å². The van der Waals surface area contributed by atoms with Crippen LogP contribution in [0.3, 0.4) is 0 Å². The van der Waals surface area contributed by atoms with E-state index in [9.17, 15) is 45.5 Å². The van der Waals surface area contributed by atoms with E-state index in [0.29, 0.717) is 21.4 Å². The summed E-state index contributed by atoms with van der Waals surface area (Å²) in [4.78, 5) is 47.1. The van der Waals surface area contributed by atoms with Gasteiger partial charge in [0.2, 0.25) is 0 Å². The van der Waals surface area contributed by atoms with E-state index in [4.69, 9.17) is 28.3 Å². The van der Waals surface area contributed by atoms with E-state index >= 15 is 0 Å². The molecule has 0 unspecified atom stereocenters. The normalized spacial score (nSPS) is 11.0. The maximum Gasteiger partial charge on any atom is 0.337 e. The molecule has 0 saturated carbocycles. The van der Waals surface area contributed by atoms with Crippen molar-refractivity contribution in [3.05, 3.63) is 178 Å². The number of halogens is 3. The van der Waals surface area contributed by atoms with Crippen LogP contribution in [0.1, 0.15) is 41.4 Å². The molecular formula is C40H29Cl2FN4O10S2. The molecule has 0 bridgehead atoms. The Bertz CT molecular complexity index is 2760. The summed E-state index contributed by atoms with van der Waals surface area (Å²) in [5.41, 5.74) is 0.528. The smallest absolute Gasteiger partial charge is 0.337 e. The Morgan fingerprint density at radius 1 is 0.492 bits per heavy atom. The number of benzene rings is 6. The molecule has 0 fully saturated rings. The minimum Gasteiger partial charge on any atom is -0.478 e. The molecule has 19 heteroatoms. The van der Waals surface area contributed by atoms with Crippen LogP contribution in [0.25, 0.3) is 0 Å². The highest BCUT2D eigenvalue weighted by molar-refractivity contribution is 7.93. The van der Waals surface area contributed by atoms with Gasteiger partial charge in [0.15, 0.2) is 0 Å². The molecule has 6 rings (SSSR count). The van der Waals surface area contributed by atoms with E-state index in [-0.39, 0.29) is 37.9 Å². The SMILES string of the molecule is O=C(Nc1ccc(F)cc1C(=O)O)c1ccc(S(=O)(=O)Nc2ccc(Cl)cc2)cc1.O=C(Nc1ccccc1C(=O)O)c1ccc(S(=O)(=O)Nc2ccc(Cl)cc2)cc1. The summed E-state index contributed by atoms with van der Waals surface area (Å²) < 4.78 is 67.9. The molecule has 6 N–H and O–H groups in total. The third kappa shape index (κ3) is 11.6. The van der Waals surface area contributed by atoms with Crippen molar-refractivity contribution in [2.75, 3.05) is 20.1 Å². The minimum atomic E-state index is -3.89. The fraction of sp³-hybridized carbons (Fsp3) is 0. The van der Waals surface area contributed by atoms with Crippen molar-refractivity contribution in [2.24, 2.45) is 0 Å². The third-order valence-corrected chi connectivity index (χ3v) is 11.2. The van der Waals surface area contributed by atoms with Crippen LogP contribution < -0.4 is 20.1 Å². The van der Waals surface area contributed by atoms with Gasteiger partial charge in [-0.15, -0.1) is 0 Å². The summed E-state index contributed by atoms with van der Waals surface area (Å²) in [7, 11) is -7.74. The number of aromatic carboxylic acids is 2. The molecule has 0 atom stereocenters. The molecule has 6 aromatic carbocycles. The monoisotopic (exact) mass is 878 g/mol. The molecule has 0 heterocycles. The minimum absolute atomic E-state index is 0.0325. The van der Waals surface area contributed by atoms with Gasteiger partial charge in [-0.25, -0.2) is 30.8 Å². The highest BCUT2D eigenvalue weighted by atomic mass is 35.5. The maximum atomic E-state index is 13.3. The number of hydrogen-bond donors (Lipinski definition) is 6. The molecule has 0 aliphatic carbocycles. The van der Waals surface area contributed by atoms with E-state index < -0.39 is 55.2 Å². The second kappa shape index (κ2) is 18.6.